The first kappa shape index (κ1) is 27.8. The second-order valence-electron chi connectivity index (χ2n) is 10.5. The van der Waals surface area contributed by atoms with Crippen LogP contribution in [0.25, 0.3) is 11.8 Å². The first-order valence-electron chi connectivity index (χ1n) is 13.9. The summed E-state index contributed by atoms with van der Waals surface area (Å²) in [6.07, 6.45) is 3.53. The fourth-order valence-corrected chi connectivity index (χ4v) is 7.59. The van der Waals surface area contributed by atoms with Crippen molar-refractivity contribution in [3.63, 3.8) is 0 Å². The van der Waals surface area contributed by atoms with Gasteiger partial charge in [-0.2, -0.15) is 0 Å². The van der Waals surface area contributed by atoms with Gasteiger partial charge in [0, 0.05) is 5.56 Å². The van der Waals surface area contributed by atoms with Crippen LogP contribution in [-0.2, 0) is 13.0 Å². The number of methoxy groups -OCH3 is 1. The zero-order valence-electron chi connectivity index (χ0n) is 23.2. The van der Waals surface area contributed by atoms with Gasteiger partial charge in [0.2, 0.25) is 0 Å². The maximum Gasteiger partial charge on any atom is 0.271 e. The number of fused-ring (bicyclic) bond motifs is 3. The van der Waals surface area contributed by atoms with Crippen molar-refractivity contribution in [3.05, 3.63) is 153 Å². The smallest absolute Gasteiger partial charge is 0.271 e. The van der Waals surface area contributed by atoms with Gasteiger partial charge in [0.25, 0.3) is 5.56 Å². The fourth-order valence-electron chi connectivity index (χ4n) is 5.81. The van der Waals surface area contributed by atoms with E-state index < -0.39 is 0 Å². The number of thiazole rings is 1. The highest BCUT2D eigenvalue weighted by atomic mass is 127. The largest absolute Gasteiger partial charge is 0.493 e. The summed E-state index contributed by atoms with van der Waals surface area (Å²) in [6, 6.07) is 28.3. The number of benzene rings is 4. The summed E-state index contributed by atoms with van der Waals surface area (Å²) in [6.45, 7) is 0.419. The van der Waals surface area contributed by atoms with Crippen LogP contribution in [0.2, 0.25) is 0 Å². The third-order valence-electron chi connectivity index (χ3n) is 7.83. The standard InChI is InChI=1S/C35H26FIN2O3S/c1-41-29-18-22(17-28(37)33(29)42-20-21-7-3-2-4-8-21)19-30-34(40)39-32(24-11-14-25(36)15-12-24)27-16-13-23-9-5-6-10-26(23)31(27)38-35(39)43-30/h2-12,14-15,17-19,32H,13,16,20H2,1H3/b30-19+/t32-/m1/s1. The minimum absolute atomic E-state index is 0.123. The quantitative estimate of drug-likeness (QED) is 0.187. The molecular weight excluding hydrogens is 674 g/mol. The van der Waals surface area contributed by atoms with Gasteiger partial charge in [-0.3, -0.25) is 9.36 Å². The summed E-state index contributed by atoms with van der Waals surface area (Å²) >= 11 is 3.61. The van der Waals surface area contributed by atoms with Crippen molar-refractivity contribution in [1.29, 1.82) is 0 Å². The van der Waals surface area contributed by atoms with E-state index in [4.69, 9.17) is 14.5 Å². The van der Waals surface area contributed by atoms with Gasteiger partial charge in [0.15, 0.2) is 16.3 Å². The van der Waals surface area contributed by atoms with Crippen LogP contribution in [-0.4, -0.2) is 11.7 Å². The average molecular weight is 701 g/mol. The van der Waals surface area contributed by atoms with Crippen LogP contribution in [0, 0.1) is 9.39 Å². The van der Waals surface area contributed by atoms with Crippen LogP contribution < -0.4 is 24.4 Å². The molecule has 4 aromatic carbocycles. The minimum atomic E-state index is -0.356. The molecule has 1 aromatic heterocycles. The van der Waals surface area contributed by atoms with Gasteiger partial charge >= 0.3 is 0 Å². The number of rotatable bonds is 6. The highest BCUT2D eigenvalue weighted by Crippen LogP contribution is 2.41. The summed E-state index contributed by atoms with van der Waals surface area (Å²) in [4.78, 5) is 19.8. The van der Waals surface area contributed by atoms with Crippen LogP contribution in [0.3, 0.4) is 0 Å². The SMILES string of the molecule is COc1cc(/C=c2/sc3n(c2=O)[C@H](c2ccc(F)cc2)C2=C(N=3)c3ccccc3CC2)cc(I)c1OCc1ccccc1. The number of aryl methyl sites for hydroxylation is 1. The summed E-state index contributed by atoms with van der Waals surface area (Å²) < 4.78 is 29.0. The van der Waals surface area contributed by atoms with Crippen molar-refractivity contribution >= 4 is 45.7 Å². The predicted molar refractivity (Wildman–Crippen MR) is 176 cm³/mol. The Hall–Kier alpha value is -4.02. The van der Waals surface area contributed by atoms with E-state index in [0.717, 1.165) is 49.9 Å². The topological polar surface area (TPSA) is 52.8 Å². The second-order valence-corrected chi connectivity index (χ2v) is 12.6. The molecule has 0 unspecified atom stereocenters. The van der Waals surface area contributed by atoms with Crippen LogP contribution in [0.4, 0.5) is 4.39 Å². The molecule has 2 heterocycles. The maximum atomic E-state index is 14.1. The molecule has 7 rings (SSSR count). The molecule has 1 aliphatic carbocycles. The average Bonchev–Trinajstić information content (AvgIpc) is 3.34. The number of ether oxygens (including phenoxy) is 2. The highest BCUT2D eigenvalue weighted by Gasteiger charge is 2.32. The van der Waals surface area contributed by atoms with E-state index in [2.05, 4.69) is 34.7 Å². The molecular formula is C35H26FIN2O3S. The van der Waals surface area contributed by atoms with Gasteiger partial charge in [-0.05, 0) is 93.6 Å². The van der Waals surface area contributed by atoms with E-state index in [1.807, 2.05) is 60.7 Å². The Kier molecular flexibility index (Phi) is 7.48. The van der Waals surface area contributed by atoms with Crippen molar-refractivity contribution < 1.29 is 13.9 Å². The molecule has 2 aliphatic rings. The molecule has 0 radical (unpaired) electrons. The summed E-state index contributed by atoms with van der Waals surface area (Å²) in [5, 5.41) is 0. The number of aromatic nitrogens is 1. The number of hydrogen-bond acceptors (Lipinski definition) is 5. The van der Waals surface area contributed by atoms with Crippen molar-refractivity contribution in [3.8, 4) is 11.5 Å². The van der Waals surface area contributed by atoms with Crippen LogP contribution in [0.15, 0.2) is 106 Å². The van der Waals surface area contributed by atoms with E-state index >= 15 is 0 Å². The molecule has 0 N–H and O–H groups in total. The Labute approximate surface area is 265 Å². The number of hydrogen-bond donors (Lipinski definition) is 0. The van der Waals surface area contributed by atoms with Gasteiger partial charge in [0.05, 0.1) is 27.0 Å². The lowest BCUT2D eigenvalue weighted by Gasteiger charge is -2.30. The normalized spacial score (nSPS) is 15.8. The first-order chi connectivity index (χ1) is 21.0. The Balaban J connectivity index is 1.34. The second kappa shape index (κ2) is 11.6. The van der Waals surface area contributed by atoms with Crippen LogP contribution in [0.5, 0.6) is 11.5 Å². The van der Waals surface area contributed by atoms with Crippen molar-refractivity contribution in [2.24, 2.45) is 4.99 Å². The molecule has 0 bridgehead atoms. The molecule has 43 heavy (non-hydrogen) atoms. The zero-order valence-corrected chi connectivity index (χ0v) is 26.2. The molecule has 5 aromatic rings. The first-order valence-corrected chi connectivity index (χ1v) is 15.8. The van der Waals surface area contributed by atoms with E-state index in [1.165, 1.54) is 29.0 Å². The summed E-state index contributed by atoms with van der Waals surface area (Å²) in [7, 11) is 1.61. The fraction of sp³-hybridized carbons (Fsp3) is 0.143. The van der Waals surface area contributed by atoms with Crippen molar-refractivity contribution in [1.82, 2.24) is 4.57 Å². The molecule has 1 aliphatic heterocycles. The zero-order chi connectivity index (χ0) is 29.5. The summed E-state index contributed by atoms with van der Waals surface area (Å²) in [5.74, 6) is 0.949. The monoisotopic (exact) mass is 700 g/mol. The number of halogens is 2. The molecule has 1 atom stereocenters. The lowest BCUT2D eigenvalue weighted by atomic mass is 9.83. The number of allylic oxidation sites excluding steroid dienone is 1. The maximum absolute atomic E-state index is 14.1. The van der Waals surface area contributed by atoms with E-state index in [9.17, 15) is 9.18 Å². The summed E-state index contributed by atoms with van der Waals surface area (Å²) in [5.41, 5.74) is 6.98. The molecule has 0 amide bonds. The van der Waals surface area contributed by atoms with Gasteiger partial charge in [-0.25, -0.2) is 9.38 Å². The Morgan fingerprint density at radius 2 is 1.79 bits per heavy atom. The van der Waals surface area contributed by atoms with Gasteiger partial charge in [-0.1, -0.05) is 78.1 Å². The van der Waals surface area contributed by atoms with Crippen molar-refractivity contribution in [2.45, 2.75) is 25.5 Å². The Bertz CT molecular complexity index is 2070. The van der Waals surface area contributed by atoms with Gasteiger partial charge in [0.1, 0.15) is 12.4 Å². The van der Waals surface area contributed by atoms with E-state index in [1.54, 1.807) is 23.8 Å². The third-order valence-corrected chi connectivity index (χ3v) is 9.62. The van der Waals surface area contributed by atoms with Gasteiger partial charge < -0.3 is 9.47 Å². The van der Waals surface area contributed by atoms with Crippen LogP contribution >= 0.6 is 33.9 Å². The molecule has 214 valence electrons. The lowest BCUT2D eigenvalue weighted by Crippen LogP contribution is -2.38. The van der Waals surface area contributed by atoms with E-state index in [-0.39, 0.29) is 17.4 Å². The molecule has 5 nitrogen and oxygen atoms in total. The minimum Gasteiger partial charge on any atom is -0.493 e. The molecule has 0 saturated carbocycles. The third kappa shape index (κ3) is 5.23. The molecule has 0 saturated heterocycles. The van der Waals surface area contributed by atoms with Gasteiger partial charge in [-0.15, -0.1) is 0 Å². The lowest BCUT2D eigenvalue weighted by molar-refractivity contribution is 0.282. The molecule has 0 fully saturated rings. The van der Waals surface area contributed by atoms with Crippen molar-refractivity contribution in [2.75, 3.05) is 7.11 Å². The Morgan fingerprint density at radius 3 is 2.58 bits per heavy atom. The van der Waals surface area contributed by atoms with E-state index in [0.29, 0.717) is 27.4 Å². The van der Waals surface area contributed by atoms with Crippen LogP contribution in [0.1, 0.15) is 40.3 Å². The highest BCUT2D eigenvalue weighted by molar-refractivity contribution is 14.1. The Morgan fingerprint density at radius 1 is 1.02 bits per heavy atom. The molecule has 8 heteroatoms. The molecule has 0 spiro atoms. The number of nitrogens with zero attached hydrogens (tertiary/aromatic N) is 2. The predicted octanol–water partition coefficient (Wildman–Crippen LogP) is 6.65.